The van der Waals surface area contributed by atoms with E-state index < -0.39 is 0 Å². The molecule has 4 rings (SSSR count). The van der Waals surface area contributed by atoms with Crippen molar-refractivity contribution in [3.8, 4) is 17.2 Å². The third kappa shape index (κ3) is 5.46. The maximum atomic E-state index is 13.0. The molecule has 0 aliphatic carbocycles. The molecule has 33 heavy (non-hydrogen) atoms. The van der Waals surface area contributed by atoms with Crippen LogP contribution in [0.25, 0.3) is 5.69 Å². The number of ether oxygens (including phenoxy) is 2. The largest absolute Gasteiger partial charge is 0.493 e. The van der Waals surface area contributed by atoms with Gasteiger partial charge in [0, 0.05) is 12.4 Å². The minimum atomic E-state index is -0.318. The summed E-state index contributed by atoms with van der Waals surface area (Å²) in [6, 6.07) is 22.5. The predicted octanol–water partition coefficient (Wildman–Crippen LogP) is 4.97. The smallest absolute Gasteiger partial charge is 0.273 e. The topological polar surface area (TPSA) is 64.8 Å². The number of hydrogen-bond donors (Lipinski definition) is 1. The second kappa shape index (κ2) is 10.3. The zero-order valence-electron chi connectivity index (χ0n) is 17.9. The molecule has 0 saturated heterocycles. The van der Waals surface area contributed by atoms with Crippen molar-refractivity contribution in [1.29, 1.82) is 0 Å². The fraction of sp³-hybridized carbons (Fsp3) is 0.0769. The van der Waals surface area contributed by atoms with Gasteiger partial charge in [0.05, 0.1) is 24.6 Å². The van der Waals surface area contributed by atoms with Crippen molar-refractivity contribution < 1.29 is 18.7 Å². The van der Waals surface area contributed by atoms with Crippen molar-refractivity contribution in [2.75, 3.05) is 7.11 Å². The average molecular weight is 443 g/mol. The molecule has 0 spiro atoms. The molecule has 0 aliphatic rings. The third-order valence-electron chi connectivity index (χ3n) is 4.91. The molecular weight excluding hydrogens is 421 g/mol. The van der Waals surface area contributed by atoms with Crippen LogP contribution in [-0.4, -0.2) is 23.8 Å². The Bertz CT molecular complexity index is 1250. The van der Waals surface area contributed by atoms with E-state index in [9.17, 15) is 9.18 Å². The molecular formula is C26H22FN3O3. The highest BCUT2D eigenvalue weighted by Crippen LogP contribution is 2.28. The summed E-state index contributed by atoms with van der Waals surface area (Å²) in [4.78, 5) is 12.7. The molecule has 0 aliphatic heterocycles. The molecule has 0 unspecified atom stereocenters. The maximum absolute atomic E-state index is 13.0. The van der Waals surface area contributed by atoms with E-state index in [0.29, 0.717) is 17.1 Å². The Morgan fingerprint density at radius 1 is 1.00 bits per heavy atom. The number of hydrazone groups is 1. The monoisotopic (exact) mass is 443 g/mol. The molecule has 0 atom stereocenters. The van der Waals surface area contributed by atoms with E-state index in [4.69, 9.17) is 9.47 Å². The lowest BCUT2D eigenvalue weighted by Crippen LogP contribution is -2.19. The van der Waals surface area contributed by atoms with Gasteiger partial charge in [0.2, 0.25) is 0 Å². The number of halogens is 1. The van der Waals surface area contributed by atoms with Gasteiger partial charge in [-0.05, 0) is 65.7 Å². The van der Waals surface area contributed by atoms with Crippen molar-refractivity contribution in [2.24, 2.45) is 5.10 Å². The number of nitrogens with one attached hydrogen (secondary N) is 1. The molecule has 0 bridgehead atoms. The van der Waals surface area contributed by atoms with Crippen LogP contribution < -0.4 is 14.9 Å². The van der Waals surface area contributed by atoms with Gasteiger partial charge < -0.3 is 14.0 Å². The lowest BCUT2D eigenvalue weighted by atomic mass is 10.1. The van der Waals surface area contributed by atoms with E-state index in [0.717, 1.165) is 16.8 Å². The van der Waals surface area contributed by atoms with Crippen molar-refractivity contribution in [1.82, 2.24) is 9.99 Å². The Morgan fingerprint density at radius 2 is 1.76 bits per heavy atom. The quantitative estimate of drug-likeness (QED) is 0.309. The van der Waals surface area contributed by atoms with Crippen molar-refractivity contribution in [2.45, 2.75) is 6.61 Å². The highest BCUT2D eigenvalue weighted by Gasteiger charge is 2.11. The first kappa shape index (κ1) is 21.8. The Morgan fingerprint density at radius 3 is 2.52 bits per heavy atom. The number of amides is 1. The first-order valence-electron chi connectivity index (χ1n) is 10.2. The van der Waals surface area contributed by atoms with Gasteiger partial charge in [-0.3, -0.25) is 4.79 Å². The molecule has 0 saturated carbocycles. The first-order chi connectivity index (χ1) is 16.1. The zero-order valence-corrected chi connectivity index (χ0v) is 17.9. The molecule has 1 heterocycles. The van der Waals surface area contributed by atoms with Crippen LogP contribution in [0, 0.1) is 5.82 Å². The average Bonchev–Trinajstić information content (AvgIpc) is 3.39. The Balaban J connectivity index is 1.41. The summed E-state index contributed by atoms with van der Waals surface area (Å²) in [7, 11) is 1.54. The summed E-state index contributed by atoms with van der Waals surface area (Å²) < 4.78 is 26.1. The molecule has 166 valence electrons. The minimum Gasteiger partial charge on any atom is -0.493 e. The van der Waals surface area contributed by atoms with Crippen LogP contribution in [0.15, 0.2) is 96.4 Å². The molecule has 6 nitrogen and oxygen atoms in total. The summed E-state index contributed by atoms with van der Waals surface area (Å²) in [6.07, 6.45) is 5.28. The van der Waals surface area contributed by atoms with E-state index in [1.54, 1.807) is 49.6 Å². The number of carbonyl (C=O) groups excluding carboxylic acids is 1. The Hall–Kier alpha value is -4.39. The number of aromatic nitrogens is 1. The Labute approximate surface area is 190 Å². The van der Waals surface area contributed by atoms with Crippen LogP contribution in [0.1, 0.15) is 21.5 Å². The van der Waals surface area contributed by atoms with Gasteiger partial charge in [0.15, 0.2) is 11.5 Å². The number of carbonyl (C=O) groups is 1. The van der Waals surface area contributed by atoms with Crippen LogP contribution in [0.5, 0.6) is 11.5 Å². The Kier molecular flexibility index (Phi) is 6.80. The van der Waals surface area contributed by atoms with Gasteiger partial charge in [-0.1, -0.05) is 24.3 Å². The number of benzene rings is 3. The molecule has 4 aromatic rings. The van der Waals surface area contributed by atoms with Crippen LogP contribution >= 0.6 is 0 Å². The number of methoxy groups -OCH3 is 1. The van der Waals surface area contributed by atoms with Gasteiger partial charge in [0.25, 0.3) is 5.91 Å². The summed E-state index contributed by atoms with van der Waals surface area (Å²) in [5, 5.41) is 4.08. The number of hydrogen-bond acceptors (Lipinski definition) is 4. The zero-order chi connectivity index (χ0) is 23.0. The molecule has 0 fully saturated rings. The standard InChI is InChI=1S/C26H22FN3O3/c1-32-25-16-20(10-13-24(25)33-18-19-8-11-21(27)12-9-19)17-28-29-26(31)22-6-2-3-7-23(22)30-14-4-5-15-30/h2-17H,18H2,1H3,(H,29,31)/b28-17-. The second-order valence-corrected chi connectivity index (χ2v) is 7.13. The highest BCUT2D eigenvalue weighted by molar-refractivity contribution is 5.98. The highest BCUT2D eigenvalue weighted by atomic mass is 19.1. The molecule has 7 heteroatoms. The van der Waals surface area contributed by atoms with Gasteiger partial charge in [0.1, 0.15) is 12.4 Å². The predicted molar refractivity (Wildman–Crippen MR) is 125 cm³/mol. The van der Waals surface area contributed by atoms with E-state index in [1.165, 1.54) is 18.3 Å². The summed E-state index contributed by atoms with van der Waals surface area (Å²) in [5.41, 5.74) is 5.40. The fourth-order valence-corrected chi connectivity index (χ4v) is 3.24. The summed E-state index contributed by atoms with van der Waals surface area (Å²) >= 11 is 0. The van der Waals surface area contributed by atoms with E-state index in [-0.39, 0.29) is 18.3 Å². The van der Waals surface area contributed by atoms with Crippen LogP contribution in [0.3, 0.4) is 0 Å². The number of para-hydroxylation sites is 1. The third-order valence-corrected chi connectivity index (χ3v) is 4.91. The normalized spacial score (nSPS) is 10.8. The molecule has 1 amide bonds. The van der Waals surface area contributed by atoms with E-state index in [2.05, 4.69) is 10.5 Å². The van der Waals surface area contributed by atoms with Gasteiger partial charge in [-0.2, -0.15) is 5.10 Å². The SMILES string of the molecule is COc1cc(/C=N\NC(=O)c2ccccc2-n2cccc2)ccc1OCc1ccc(F)cc1. The van der Waals surface area contributed by atoms with E-state index >= 15 is 0 Å². The molecule has 1 N–H and O–H groups in total. The van der Waals surface area contributed by atoms with Gasteiger partial charge in [-0.25, -0.2) is 9.82 Å². The fourth-order valence-electron chi connectivity index (χ4n) is 3.24. The van der Waals surface area contributed by atoms with Crippen molar-refractivity contribution in [3.05, 3.63) is 114 Å². The van der Waals surface area contributed by atoms with Crippen LogP contribution in [-0.2, 0) is 6.61 Å². The molecule has 3 aromatic carbocycles. The molecule has 0 radical (unpaired) electrons. The number of nitrogens with zero attached hydrogens (tertiary/aromatic N) is 2. The van der Waals surface area contributed by atoms with Crippen LogP contribution in [0.4, 0.5) is 4.39 Å². The maximum Gasteiger partial charge on any atom is 0.273 e. The molecule has 1 aromatic heterocycles. The lowest BCUT2D eigenvalue weighted by molar-refractivity contribution is 0.0955. The second-order valence-electron chi connectivity index (χ2n) is 7.13. The minimum absolute atomic E-state index is 0.279. The van der Waals surface area contributed by atoms with Crippen molar-refractivity contribution in [3.63, 3.8) is 0 Å². The van der Waals surface area contributed by atoms with E-state index in [1.807, 2.05) is 41.2 Å². The van der Waals surface area contributed by atoms with Gasteiger partial charge in [-0.15, -0.1) is 0 Å². The first-order valence-corrected chi connectivity index (χ1v) is 10.2. The van der Waals surface area contributed by atoms with Gasteiger partial charge >= 0.3 is 0 Å². The number of rotatable bonds is 8. The summed E-state index contributed by atoms with van der Waals surface area (Å²) in [5.74, 6) is 0.455. The summed E-state index contributed by atoms with van der Waals surface area (Å²) in [6.45, 7) is 0.279. The lowest BCUT2D eigenvalue weighted by Gasteiger charge is -2.11. The van der Waals surface area contributed by atoms with Crippen molar-refractivity contribution >= 4 is 12.1 Å². The van der Waals surface area contributed by atoms with Crippen LogP contribution in [0.2, 0.25) is 0 Å².